The molecule has 1 amide bonds. The van der Waals surface area contributed by atoms with Crippen LogP contribution in [0, 0.1) is 0 Å². The molecular formula is C23H30N2O4S. The number of fused-ring (bicyclic) bond motifs is 1. The molecule has 1 aliphatic rings. The van der Waals surface area contributed by atoms with Crippen molar-refractivity contribution in [3.8, 4) is 5.75 Å². The second-order valence-corrected chi connectivity index (χ2v) is 10.6. The SMILES string of the molecule is CC[C@H](C)NC(=O)[C@H]1CN(S(=O)(=O)c2ccccc2)c2cc(C(C)(C)C)ccc2O1. The highest BCUT2D eigenvalue weighted by Crippen LogP contribution is 2.40. The number of benzene rings is 2. The number of amides is 1. The minimum Gasteiger partial charge on any atom is -0.476 e. The molecule has 30 heavy (non-hydrogen) atoms. The zero-order valence-corrected chi connectivity index (χ0v) is 19.0. The number of hydrogen-bond acceptors (Lipinski definition) is 4. The van der Waals surface area contributed by atoms with E-state index in [1.54, 1.807) is 36.4 Å². The summed E-state index contributed by atoms with van der Waals surface area (Å²) in [6.45, 7) is 10.00. The van der Waals surface area contributed by atoms with Crippen molar-refractivity contribution in [1.29, 1.82) is 0 Å². The first-order valence-electron chi connectivity index (χ1n) is 10.2. The average molecular weight is 431 g/mol. The fourth-order valence-corrected chi connectivity index (χ4v) is 4.73. The van der Waals surface area contributed by atoms with Crippen LogP contribution in [0.4, 0.5) is 5.69 Å². The van der Waals surface area contributed by atoms with Crippen LogP contribution in [0.15, 0.2) is 53.4 Å². The quantitative estimate of drug-likeness (QED) is 0.782. The summed E-state index contributed by atoms with van der Waals surface area (Å²) in [5.74, 6) is 0.0706. The molecule has 162 valence electrons. The van der Waals surface area contributed by atoms with Crippen LogP contribution < -0.4 is 14.4 Å². The van der Waals surface area contributed by atoms with Crippen LogP contribution in [-0.2, 0) is 20.2 Å². The van der Waals surface area contributed by atoms with Crippen molar-refractivity contribution in [2.24, 2.45) is 0 Å². The molecular weight excluding hydrogens is 400 g/mol. The van der Waals surface area contributed by atoms with Crippen molar-refractivity contribution in [1.82, 2.24) is 5.32 Å². The van der Waals surface area contributed by atoms with Gasteiger partial charge in [0.05, 0.1) is 17.1 Å². The van der Waals surface area contributed by atoms with Crippen molar-refractivity contribution in [2.45, 2.75) is 63.5 Å². The third-order valence-corrected chi connectivity index (χ3v) is 7.11. The van der Waals surface area contributed by atoms with Crippen LogP contribution >= 0.6 is 0 Å². The lowest BCUT2D eigenvalue weighted by Crippen LogP contribution is -2.52. The van der Waals surface area contributed by atoms with E-state index in [0.717, 1.165) is 12.0 Å². The Morgan fingerprint density at radius 1 is 1.20 bits per heavy atom. The van der Waals surface area contributed by atoms with Crippen LogP contribution in [0.25, 0.3) is 0 Å². The number of nitrogens with zero attached hydrogens (tertiary/aromatic N) is 1. The van der Waals surface area contributed by atoms with Gasteiger partial charge in [-0.1, -0.05) is 52.0 Å². The topological polar surface area (TPSA) is 75.7 Å². The van der Waals surface area contributed by atoms with Gasteiger partial charge in [-0.2, -0.15) is 0 Å². The summed E-state index contributed by atoms with van der Waals surface area (Å²) in [6.07, 6.45) is -0.152. The lowest BCUT2D eigenvalue weighted by Gasteiger charge is -2.36. The molecule has 0 radical (unpaired) electrons. The number of sulfonamides is 1. The third kappa shape index (κ3) is 4.46. The number of rotatable bonds is 5. The molecule has 1 N–H and O–H groups in total. The molecule has 1 heterocycles. The Kier molecular flexibility index (Phi) is 6.13. The van der Waals surface area contributed by atoms with Crippen LogP contribution in [-0.4, -0.2) is 33.0 Å². The summed E-state index contributed by atoms with van der Waals surface area (Å²) in [4.78, 5) is 12.9. The lowest BCUT2D eigenvalue weighted by atomic mass is 9.86. The highest BCUT2D eigenvalue weighted by molar-refractivity contribution is 7.92. The van der Waals surface area contributed by atoms with Gasteiger partial charge in [-0.25, -0.2) is 8.42 Å². The van der Waals surface area contributed by atoms with Gasteiger partial charge in [0.2, 0.25) is 0 Å². The van der Waals surface area contributed by atoms with Gasteiger partial charge in [0.1, 0.15) is 5.75 Å². The van der Waals surface area contributed by atoms with E-state index in [4.69, 9.17) is 4.74 Å². The maximum absolute atomic E-state index is 13.5. The normalized spacial score (nSPS) is 17.6. The predicted molar refractivity (Wildman–Crippen MR) is 118 cm³/mol. The minimum absolute atomic E-state index is 0.0232. The van der Waals surface area contributed by atoms with Crippen molar-refractivity contribution >= 4 is 21.6 Å². The van der Waals surface area contributed by atoms with E-state index >= 15 is 0 Å². The number of carbonyl (C=O) groups is 1. The van der Waals surface area contributed by atoms with Crippen molar-refractivity contribution in [3.05, 3.63) is 54.1 Å². The molecule has 0 fully saturated rings. The Hall–Kier alpha value is -2.54. The molecule has 2 aromatic rings. The smallest absolute Gasteiger partial charge is 0.264 e. The second-order valence-electron chi connectivity index (χ2n) is 8.71. The molecule has 0 aliphatic carbocycles. The van der Waals surface area contributed by atoms with Crippen LogP contribution in [0.5, 0.6) is 5.75 Å². The lowest BCUT2D eigenvalue weighted by molar-refractivity contribution is -0.128. The summed E-state index contributed by atoms with van der Waals surface area (Å²) >= 11 is 0. The zero-order valence-electron chi connectivity index (χ0n) is 18.2. The molecule has 0 aromatic heterocycles. The second kappa shape index (κ2) is 8.30. The molecule has 1 aliphatic heterocycles. The Labute approximate surface area is 179 Å². The number of hydrogen-bond donors (Lipinski definition) is 1. The van der Waals surface area contributed by atoms with Crippen molar-refractivity contribution in [2.75, 3.05) is 10.8 Å². The molecule has 0 unspecified atom stereocenters. The summed E-state index contributed by atoms with van der Waals surface area (Å²) in [7, 11) is -3.86. The monoisotopic (exact) mass is 430 g/mol. The van der Waals surface area contributed by atoms with Crippen LogP contribution in [0.3, 0.4) is 0 Å². The van der Waals surface area contributed by atoms with Gasteiger partial charge in [0.25, 0.3) is 15.9 Å². The number of nitrogens with one attached hydrogen (secondary N) is 1. The minimum atomic E-state index is -3.86. The maximum atomic E-state index is 13.5. The maximum Gasteiger partial charge on any atom is 0.264 e. The van der Waals surface area contributed by atoms with E-state index in [1.165, 1.54) is 4.31 Å². The van der Waals surface area contributed by atoms with Gasteiger partial charge < -0.3 is 10.1 Å². The largest absolute Gasteiger partial charge is 0.476 e. The number of ether oxygens (including phenoxy) is 1. The van der Waals surface area contributed by atoms with E-state index in [0.29, 0.717) is 11.4 Å². The first-order chi connectivity index (χ1) is 14.0. The Bertz CT molecular complexity index is 1010. The molecule has 7 heteroatoms. The Balaban J connectivity index is 2.08. The van der Waals surface area contributed by atoms with E-state index in [9.17, 15) is 13.2 Å². The number of anilines is 1. The fraction of sp³-hybridized carbons (Fsp3) is 0.435. The molecule has 0 saturated carbocycles. The van der Waals surface area contributed by atoms with E-state index < -0.39 is 16.1 Å². The Morgan fingerprint density at radius 3 is 2.47 bits per heavy atom. The van der Waals surface area contributed by atoms with Gasteiger partial charge >= 0.3 is 0 Å². The molecule has 0 spiro atoms. The van der Waals surface area contributed by atoms with Gasteiger partial charge in [0, 0.05) is 6.04 Å². The average Bonchev–Trinajstić information content (AvgIpc) is 2.72. The van der Waals surface area contributed by atoms with Gasteiger partial charge in [-0.3, -0.25) is 9.10 Å². The summed E-state index contributed by atoms with van der Waals surface area (Å²) < 4.78 is 34.2. The summed E-state index contributed by atoms with van der Waals surface area (Å²) in [6, 6.07) is 13.8. The van der Waals surface area contributed by atoms with E-state index in [-0.39, 0.29) is 28.8 Å². The predicted octanol–water partition coefficient (Wildman–Crippen LogP) is 3.86. The zero-order chi connectivity index (χ0) is 22.1. The highest BCUT2D eigenvalue weighted by Gasteiger charge is 2.38. The molecule has 6 nitrogen and oxygen atoms in total. The van der Waals surface area contributed by atoms with Crippen molar-refractivity contribution in [3.63, 3.8) is 0 Å². The molecule has 2 aromatic carbocycles. The van der Waals surface area contributed by atoms with Crippen LogP contribution in [0.2, 0.25) is 0 Å². The molecule has 3 rings (SSSR count). The molecule has 2 atom stereocenters. The first kappa shape index (κ1) is 22.2. The third-order valence-electron chi connectivity index (χ3n) is 5.32. The summed E-state index contributed by atoms with van der Waals surface area (Å²) in [5, 5.41) is 2.89. The van der Waals surface area contributed by atoms with Crippen LogP contribution in [0.1, 0.15) is 46.6 Å². The highest BCUT2D eigenvalue weighted by atomic mass is 32.2. The first-order valence-corrected chi connectivity index (χ1v) is 11.7. The fourth-order valence-electron chi connectivity index (χ4n) is 3.24. The molecule has 0 bridgehead atoms. The number of carbonyl (C=O) groups excluding carboxylic acids is 1. The van der Waals surface area contributed by atoms with Crippen molar-refractivity contribution < 1.29 is 17.9 Å². The van der Waals surface area contributed by atoms with Gasteiger partial charge in [-0.05, 0) is 48.6 Å². The standard InChI is InChI=1S/C23H30N2O4S/c1-6-16(2)24-22(26)21-15-25(30(27,28)18-10-8-7-9-11-18)19-14-17(23(3,4)5)12-13-20(19)29-21/h7-14,16,21H,6,15H2,1-5H3,(H,24,26)/t16-,21+/m0/s1. The van der Waals surface area contributed by atoms with Gasteiger partial charge in [0.15, 0.2) is 6.10 Å². The van der Waals surface area contributed by atoms with Gasteiger partial charge in [-0.15, -0.1) is 0 Å². The molecule has 0 saturated heterocycles. The van der Waals surface area contributed by atoms with E-state index in [1.807, 2.05) is 26.0 Å². The Morgan fingerprint density at radius 2 is 1.87 bits per heavy atom. The summed E-state index contributed by atoms with van der Waals surface area (Å²) in [5.41, 5.74) is 1.28. The van der Waals surface area contributed by atoms with E-state index in [2.05, 4.69) is 26.1 Å².